The molecule has 0 radical (unpaired) electrons. The molecule has 2 atom stereocenters. The minimum absolute atomic E-state index is 0.386. The molecule has 3 aromatic carbocycles. The summed E-state index contributed by atoms with van der Waals surface area (Å²) in [7, 11) is 0. The lowest BCUT2D eigenvalue weighted by Gasteiger charge is -2.14. The van der Waals surface area contributed by atoms with Crippen LogP contribution in [0.5, 0.6) is 0 Å². The Bertz CT molecular complexity index is 840. The van der Waals surface area contributed by atoms with E-state index in [2.05, 4.69) is 0 Å². The Labute approximate surface area is 151 Å². The first-order valence-electron chi connectivity index (χ1n) is 8.16. The number of benzene rings is 3. The third-order valence-electron chi connectivity index (χ3n) is 3.80. The van der Waals surface area contributed by atoms with Gasteiger partial charge in [0.1, 0.15) is 6.10 Å². The number of hydrogen-bond acceptors (Lipinski definition) is 2. The molecule has 3 rings (SSSR count). The van der Waals surface area contributed by atoms with Gasteiger partial charge < -0.3 is 0 Å². The topological polar surface area (TPSA) is 26.3 Å². The van der Waals surface area contributed by atoms with Gasteiger partial charge in [0.25, 0.3) is 0 Å². The van der Waals surface area contributed by atoms with Crippen molar-refractivity contribution in [3.63, 3.8) is 0 Å². The van der Waals surface area contributed by atoms with Crippen molar-refractivity contribution in [1.29, 1.82) is 0 Å². The summed E-state index contributed by atoms with van der Waals surface area (Å²) in [6.07, 6.45) is 3.55. The number of rotatable bonds is 6. The van der Waals surface area contributed by atoms with Gasteiger partial charge in [0.2, 0.25) is 0 Å². The van der Waals surface area contributed by atoms with E-state index in [9.17, 15) is 4.21 Å². The maximum absolute atomic E-state index is 12.6. The largest absolute Gasteiger partial charge is 0.274 e. The summed E-state index contributed by atoms with van der Waals surface area (Å²) < 4.78 is 18.5. The SMILES string of the molecule is Cc1ccc(S(=O)O[C@@H](/C=C/c2ccccc2)c2ccccc2)cc1. The van der Waals surface area contributed by atoms with E-state index >= 15 is 0 Å². The highest BCUT2D eigenvalue weighted by Crippen LogP contribution is 2.24. The summed E-state index contributed by atoms with van der Waals surface area (Å²) in [6, 6.07) is 27.4. The molecule has 0 fully saturated rings. The number of hydrogen-bond donors (Lipinski definition) is 0. The zero-order valence-corrected chi connectivity index (χ0v) is 14.9. The molecule has 126 valence electrons. The average Bonchev–Trinajstić information content (AvgIpc) is 2.67. The van der Waals surface area contributed by atoms with Crippen LogP contribution in [0.3, 0.4) is 0 Å². The molecule has 25 heavy (non-hydrogen) atoms. The molecule has 3 aromatic rings. The first-order valence-corrected chi connectivity index (χ1v) is 9.23. The highest BCUT2D eigenvalue weighted by Gasteiger charge is 2.14. The second-order valence-corrected chi connectivity index (χ2v) is 6.88. The van der Waals surface area contributed by atoms with E-state index in [1.54, 1.807) is 0 Å². The molecule has 0 spiro atoms. The molecule has 0 bridgehead atoms. The van der Waals surface area contributed by atoms with Gasteiger partial charge in [-0.1, -0.05) is 84.4 Å². The van der Waals surface area contributed by atoms with E-state index in [0.717, 1.165) is 16.7 Å². The summed E-state index contributed by atoms with van der Waals surface area (Å²) in [6.45, 7) is 2.00. The smallest absolute Gasteiger partial charge is 0.190 e. The highest BCUT2D eigenvalue weighted by molar-refractivity contribution is 7.80. The Morgan fingerprint density at radius 2 is 1.44 bits per heavy atom. The zero-order valence-electron chi connectivity index (χ0n) is 14.0. The molecule has 0 saturated carbocycles. The van der Waals surface area contributed by atoms with Crippen LogP contribution in [0.1, 0.15) is 22.8 Å². The summed E-state index contributed by atoms with van der Waals surface area (Å²) in [5, 5.41) is 0. The van der Waals surface area contributed by atoms with Crippen LogP contribution >= 0.6 is 0 Å². The summed E-state index contributed by atoms with van der Waals surface area (Å²) in [5.74, 6) is 0. The summed E-state index contributed by atoms with van der Waals surface area (Å²) in [5.41, 5.74) is 3.17. The maximum atomic E-state index is 12.6. The van der Waals surface area contributed by atoms with Gasteiger partial charge in [-0.15, -0.1) is 0 Å². The van der Waals surface area contributed by atoms with Gasteiger partial charge >= 0.3 is 0 Å². The minimum atomic E-state index is -1.53. The normalized spacial score (nSPS) is 13.6. The average molecular weight is 348 g/mol. The van der Waals surface area contributed by atoms with Crippen LogP contribution in [0.15, 0.2) is 95.9 Å². The fraction of sp³-hybridized carbons (Fsp3) is 0.0909. The maximum Gasteiger partial charge on any atom is 0.190 e. The third kappa shape index (κ3) is 4.99. The van der Waals surface area contributed by atoms with Gasteiger partial charge in [0, 0.05) is 0 Å². The van der Waals surface area contributed by atoms with E-state index in [4.69, 9.17) is 4.18 Å². The van der Waals surface area contributed by atoms with Crippen LogP contribution in [-0.4, -0.2) is 4.21 Å². The Hall–Kier alpha value is -2.49. The molecule has 0 aromatic heterocycles. The molecule has 0 aliphatic heterocycles. The van der Waals surface area contributed by atoms with Crippen molar-refractivity contribution in [3.05, 3.63) is 108 Å². The fourth-order valence-electron chi connectivity index (χ4n) is 2.40. The highest BCUT2D eigenvalue weighted by atomic mass is 32.2. The van der Waals surface area contributed by atoms with E-state index in [0.29, 0.717) is 4.90 Å². The van der Waals surface area contributed by atoms with Crippen molar-refractivity contribution in [2.75, 3.05) is 0 Å². The van der Waals surface area contributed by atoms with E-state index in [1.165, 1.54) is 0 Å². The lowest BCUT2D eigenvalue weighted by molar-refractivity contribution is 0.285. The molecule has 0 aliphatic rings. The predicted molar refractivity (Wildman–Crippen MR) is 103 cm³/mol. The minimum Gasteiger partial charge on any atom is -0.274 e. The Morgan fingerprint density at radius 3 is 2.08 bits per heavy atom. The monoisotopic (exact) mass is 348 g/mol. The first-order chi connectivity index (χ1) is 12.2. The molecule has 2 nitrogen and oxygen atoms in total. The van der Waals surface area contributed by atoms with Crippen LogP contribution in [0.2, 0.25) is 0 Å². The fourth-order valence-corrected chi connectivity index (χ4v) is 3.24. The summed E-state index contributed by atoms with van der Waals surface area (Å²) in [4.78, 5) is 0.666. The zero-order chi connectivity index (χ0) is 17.5. The van der Waals surface area contributed by atoms with Crippen molar-refractivity contribution in [1.82, 2.24) is 0 Å². The van der Waals surface area contributed by atoms with Gasteiger partial charge in [-0.2, -0.15) is 0 Å². The second-order valence-electron chi connectivity index (χ2n) is 5.75. The Morgan fingerprint density at radius 1 is 0.840 bits per heavy atom. The van der Waals surface area contributed by atoms with E-state index in [1.807, 2.05) is 104 Å². The molecular weight excluding hydrogens is 328 g/mol. The van der Waals surface area contributed by atoms with Crippen molar-refractivity contribution in [2.45, 2.75) is 17.9 Å². The van der Waals surface area contributed by atoms with E-state index < -0.39 is 11.1 Å². The van der Waals surface area contributed by atoms with Crippen molar-refractivity contribution >= 4 is 17.2 Å². The summed E-state index contributed by atoms with van der Waals surface area (Å²) >= 11 is -1.53. The molecule has 0 amide bonds. The molecule has 0 saturated heterocycles. The van der Waals surface area contributed by atoms with Gasteiger partial charge in [-0.3, -0.25) is 4.18 Å². The molecule has 0 aliphatic carbocycles. The lowest BCUT2D eigenvalue weighted by Crippen LogP contribution is -2.05. The Kier molecular flexibility index (Phi) is 5.94. The lowest BCUT2D eigenvalue weighted by atomic mass is 10.1. The number of aryl methyl sites for hydroxylation is 1. The molecule has 0 N–H and O–H groups in total. The van der Waals surface area contributed by atoms with Crippen molar-refractivity contribution in [3.8, 4) is 0 Å². The molecule has 3 heteroatoms. The Balaban J connectivity index is 1.82. The van der Waals surface area contributed by atoms with Crippen LogP contribution in [0.4, 0.5) is 0 Å². The van der Waals surface area contributed by atoms with E-state index in [-0.39, 0.29) is 6.10 Å². The quantitative estimate of drug-likeness (QED) is 0.589. The van der Waals surface area contributed by atoms with Gasteiger partial charge in [-0.05, 0) is 36.3 Å². The van der Waals surface area contributed by atoms with Gasteiger partial charge in [0.05, 0.1) is 4.90 Å². The first kappa shape index (κ1) is 17.3. The van der Waals surface area contributed by atoms with Crippen LogP contribution in [0.25, 0.3) is 6.08 Å². The van der Waals surface area contributed by atoms with Crippen molar-refractivity contribution in [2.24, 2.45) is 0 Å². The third-order valence-corrected chi connectivity index (χ3v) is 4.83. The van der Waals surface area contributed by atoms with Gasteiger partial charge in [-0.25, -0.2) is 4.21 Å². The molecule has 0 heterocycles. The van der Waals surface area contributed by atoms with Crippen LogP contribution in [-0.2, 0) is 15.3 Å². The van der Waals surface area contributed by atoms with Gasteiger partial charge in [0.15, 0.2) is 11.1 Å². The van der Waals surface area contributed by atoms with Crippen LogP contribution in [0, 0.1) is 6.92 Å². The second kappa shape index (κ2) is 8.56. The molecular formula is C22H20O2S. The van der Waals surface area contributed by atoms with Crippen LogP contribution < -0.4 is 0 Å². The standard InChI is InChI=1S/C22H20O2S/c1-18-12-15-21(16-13-18)25(23)24-22(20-10-6-3-7-11-20)17-14-19-8-4-2-5-9-19/h2-17,22H,1H3/b17-14+/t22-,25?/m0/s1. The van der Waals surface area contributed by atoms with Crippen molar-refractivity contribution < 1.29 is 8.39 Å². The molecule has 1 unspecified atom stereocenters. The predicted octanol–water partition coefficient (Wildman–Crippen LogP) is 5.49.